The molecule has 0 aromatic heterocycles. The molecule has 100 valence electrons. The van der Waals surface area contributed by atoms with Gasteiger partial charge in [-0.2, -0.15) is 0 Å². The van der Waals surface area contributed by atoms with Crippen molar-refractivity contribution in [1.29, 1.82) is 0 Å². The Balaban J connectivity index is 2.32. The third-order valence-corrected chi connectivity index (χ3v) is 2.52. The van der Waals surface area contributed by atoms with E-state index in [2.05, 4.69) is 18.8 Å². The van der Waals surface area contributed by atoms with E-state index in [1.54, 1.807) is 0 Å². The minimum absolute atomic E-state index is 0.438. The summed E-state index contributed by atoms with van der Waals surface area (Å²) in [5.41, 5.74) is 0. The van der Waals surface area contributed by atoms with Gasteiger partial charge in [0.1, 0.15) is 6.61 Å². The van der Waals surface area contributed by atoms with Crippen LogP contribution >= 0.6 is 0 Å². The van der Waals surface area contributed by atoms with Gasteiger partial charge in [-0.25, -0.2) is 0 Å². The van der Waals surface area contributed by atoms with Crippen molar-refractivity contribution in [2.24, 2.45) is 0 Å². The van der Waals surface area contributed by atoms with Gasteiger partial charge >= 0.3 is 0 Å². The Bertz CT molecular complexity index is 352. The fraction of sp³-hybridized carbons (Fsp3) is 0.467. The molecule has 0 heterocycles. The summed E-state index contributed by atoms with van der Waals surface area (Å²) in [6.45, 7) is 9.92. The molecule has 0 aliphatic rings. The van der Waals surface area contributed by atoms with E-state index in [9.17, 15) is 0 Å². The first-order valence-electron chi connectivity index (χ1n) is 6.46. The molecule has 1 aromatic rings. The molecule has 1 aromatic carbocycles. The summed E-state index contributed by atoms with van der Waals surface area (Å²) in [7, 11) is 0. The highest BCUT2D eigenvalue weighted by atomic mass is 16.5. The first-order chi connectivity index (χ1) is 8.77. The summed E-state index contributed by atoms with van der Waals surface area (Å²) >= 11 is 0. The highest BCUT2D eigenvalue weighted by Gasteiger charge is 2.03. The first-order valence-corrected chi connectivity index (χ1v) is 6.46. The van der Waals surface area contributed by atoms with Gasteiger partial charge in [0.05, 0.1) is 6.61 Å². The zero-order chi connectivity index (χ0) is 13.2. The smallest absolute Gasteiger partial charge is 0.161 e. The molecular weight excluding hydrogens is 226 g/mol. The maximum atomic E-state index is 5.70. The van der Waals surface area contributed by atoms with Gasteiger partial charge in [0.15, 0.2) is 11.5 Å². The lowest BCUT2D eigenvalue weighted by Gasteiger charge is -2.14. The molecule has 0 bridgehead atoms. The summed E-state index contributed by atoms with van der Waals surface area (Å²) in [4.78, 5) is 0. The maximum absolute atomic E-state index is 5.70. The van der Waals surface area contributed by atoms with Gasteiger partial charge in [-0.1, -0.05) is 18.2 Å². The number of para-hydroxylation sites is 2. The van der Waals surface area contributed by atoms with Gasteiger partial charge < -0.3 is 14.8 Å². The molecule has 3 heteroatoms. The van der Waals surface area contributed by atoms with Crippen LogP contribution in [0.4, 0.5) is 0 Å². The summed E-state index contributed by atoms with van der Waals surface area (Å²) in [6, 6.07) is 8.19. The van der Waals surface area contributed by atoms with Crippen LogP contribution in [0.15, 0.2) is 36.9 Å². The highest BCUT2D eigenvalue weighted by Crippen LogP contribution is 2.25. The predicted molar refractivity (Wildman–Crippen MR) is 75.4 cm³/mol. The molecule has 18 heavy (non-hydrogen) atoms. The molecule has 0 spiro atoms. The minimum atomic E-state index is 0.438. The zero-order valence-corrected chi connectivity index (χ0v) is 11.3. The van der Waals surface area contributed by atoms with Crippen LogP contribution in [-0.2, 0) is 0 Å². The van der Waals surface area contributed by atoms with Crippen molar-refractivity contribution < 1.29 is 9.47 Å². The lowest BCUT2D eigenvalue weighted by atomic mass is 10.2. The largest absolute Gasteiger partial charge is 0.490 e. The average molecular weight is 249 g/mol. The molecule has 0 aliphatic carbocycles. The summed E-state index contributed by atoms with van der Waals surface area (Å²) in [5.74, 6) is 1.61. The van der Waals surface area contributed by atoms with Crippen molar-refractivity contribution in [3.8, 4) is 11.5 Å². The lowest BCUT2D eigenvalue weighted by Crippen LogP contribution is -2.29. The molecule has 1 rings (SSSR count). The summed E-state index contributed by atoms with van der Waals surface area (Å²) in [6.07, 6.45) is 2.89. The normalized spacial score (nSPS) is 11.9. The summed E-state index contributed by atoms with van der Waals surface area (Å²) < 4.78 is 11.2. The Morgan fingerprint density at radius 3 is 2.56 bits per heavy atom. The molecular formula is C15H23NO2. The Kier molecular flexibility index (Phi) is 6.96. The topological polar surface area (TPSA) is 30.5 Å². The third-order valence-electron chi connectivity index (χ3n) is 2.52. The highest BCUT2D eigenvalue weighted by molar-refractivity contribution is 5.39. The van der Waals surface area contributed by atoms with Crippen molar-refractivity contribution in [2.45, 2.75) is 26.3 Å². The molecule has 0 radical (unpaired) electrons. The van der Waals surface area contributed by atoms with E-state index in [1.807, 2.05) is 37.3 Å². The molecule has 1 atom stereocenters. The van der Waals surface area contributed by atoms with E-state index in [0.717, 1.165) is 24.5 Å². The number of rotatable bonds is 9. The van der Waals surface area contributed by atoms with E-state index < -0.39 is 0 Å². The van der Waals surface area contributed by atoms with E-state index >= 15 is 0 Å². The first kappa shape index (κ1) is 14.6. The molecule has 0 aliphatic heterocycles. The van der Waals surface area contributed by atoms with Crippen LogP contribution in [0.25, 0.3) is 0 Å². The summed E-state index contributed by atoms with van der Waals surface area (Å²) in [5, 5.41) is 3.37. The zero-order valence-electron chi connectivity index (χ0n) is 11.3. The van der Waals surface area contributed by atoms with Crippen molar-refractivity contribution in [1.82, 2.24) is 5.32 Å². The van der Waals surface area contributed by atoms with E-state index in [1.165, 1.54) is 0 Å². The molecule has 0 amide bonds. The molecule has 1 N–H and O–H groups in total. The monoisotopic (exact) mass is 249 g/mol. The lowest BCUT2D eigenvalue weighted by molar-refractivity contribution is 0.272. The second-order valence-corrected chi connectivity index (χ2v) is 4.11. The van der Waals surface area contributed by atoms with Gasteiger partial charge in [0.2, 0.25) is 0 Å². The molecule has 3 nitrogen and oxygen atoms in total. The number of hydrogen-bond donors (Lipinski definition) is 1. The van der Waals surface area contributed by atoms with Crippen LogP contribution in [0.1, 0.15) is 20.3 Å². The Hall–Kier alpha value is -1.48. The van der Waals surface area contributed by atoms with Crippen molar-refractivity contribution >= 4 is 0 Å². The second kappa shape index (κ2) is 8.59. The van der Waals surface area contributed by atoms with Gasteiger partial charge in [-0.3, -0.25) is 0 Å². The quantitative estimate of drug-likeness (QED) is 0.539. The van der Waals surface area contributed by atoms with Crippen LogP contribution in [0.2, 0.25) is 0 Å². The SMILES string of the molecule is C=CCC(C)NCCOc1ccccc1OCC. The Morgan fingerprint density at radius 2 is 1.94 bits per heavy atom. The van der Waals surface area contributed by atoms with Crippen molar-refractivity contribution in [2.75, 3.05) is 19.8 Å². The predicted octanol–water partition coefficient (Wildman–Crippen LogP) is 3.02. The maximum Gasteiger partial charge on any atom is 0.161 e. The fourth-order valence-corrected chi connectivity index (χ4v) is 1.64. The number of hydrogen-bond acceptors (Lipinski definition) is 3. The second-order valence-electron chi connectivity index (χ2n) is 4.11. The standard InChI is InChI=1S/C15H23NO2/c1-4-8-13(3)16-11-12-18-15-10-7-6-9-14(15)17-5-2/h4,6-7,9-10,13,16H,1,5,8,11-12H2,2-3H3. The van der Waals surface area contributed by atoms with Crippen LogP contribution in [0, 0.1) is 0 Å². The number of nitrogens with one attached hydrogen (secondary N) is 1. The van der Waals surface area contributed by atoms with Gasteiger partial charge in [-0.15, -0.1) is 6.58 Å². The van der Waals surface area contributed by atoms with Crippen molar-refractivity contribution in [3.05, 3.63) is 36.9 Å². The van der Waals surface area contributed by atoms with E-state index in [4.69, 9.17) is 9.47 Å². The van der Waals surface area contributed by atoms with Crippen LogP contribution in [0.3, 0.4) is 0 Å². The molecule has 1 unspecified atom stereocenters. The molecule has 0 saturated heterocycles. The minimum Gasteiger partial charge on any atom is -0.490 e. The third kappa shape index (κ3) is 5.23. The van der Waals surface area contributed by atoms with Crippen LogP contribution < -0.4 is 14.8 Å². The van der Waals surface area contributed by atoms with Gasteiger partial charge in [-0.05, 0) is 32.4 Å². The Labute approximate surface area is 110 Å². The average Bonchev–Trinajstić information content (AvgIpc) is 2.37. The molecule has 0 fully saturated rings. The van der Waals surface area contributed by atoms with Crippen molar-refractivity contribution in [3.63, 3.8) is 0 Å². The Morgan fingerprint density at radius 1 is 1.28 bits per heavy atom. The van der Waals surface area contributed by atoms with Crippen LogP contribution in [-0.4, -0.2) is 25.8 Å². The van der Waals surface area contributed by atoms with Gasteiger partial charge in [0.25, 0.3) is 0 Å². The van der Waals surface area contributed by atoms with E-state index in [0.29, 0.717) is 19.3 Å². The fourth-order valence-electron chi connectivity index (χ4n) is 1.64. The number of ether oxygens (including phenoxy) is 2. The van der Waals surface area contributed by atoms with E-state index in [-0.39, 0.29) is 0 Å². The molecule has 0 saturated carbocycles. The van der Waals surface area contributed by atoms with Gasteiger partial charge in [0, 0.05) is 12.6 Å². The van der Waals surface area contributed by atoms with Crippen LogP contribution in [0.5, 0.6) is 11.5 Å². The number of benzene rings is 1.